The number of esters is 1. The van der Waals surface area contributed by atoms with Gasteiger partial charge in [0.15, 0.2) is 6.61 Å². The second kappa shape index (κ2) is 11.1. The van der Waals surface area contributed by atoms with E-state index in [0.717, 1.165) is 5.56 Å². The molecule has 0 unspecified atom stereocenters. The number of nitriles is 1. The molecule has 160 valence electrons. The molecular weight excluding hydrogens is 406 g/mol. The van der Waals surface area contributed by atoms with Crippen molar-refractivity contribution in [3.05, 3.63) is 102 Å². The zero-order chi connectivity index (χ0) is 22.8. The van der Waals surface area contributed by atoms with Crippen LogP contribution in [-0.4, -0.2) is 30.4 Å². The van der Waals surface area contributed by atoms with Crippen LogP contribution in [0.2, 0.25) is 0 Å². The Hall–Kier alpha value is -4.44. The average Bonchev–Trinajstić information content (AvgIpc) is 2.83. The summed E-state index contributed by atoms with van der Waals surface area (Å²) in [7, 11) is 0. The zero-order valence-electron chi connectivity index (χ0n) is 17.2. The van der Waals surface area contributed by atoms with Crippen LogP contribution in [0.25, 0.3) is 0 Å². The van der Waals surface area contributed by atoms with E-state index < -0.39 is 30.4 Å². The fourth-order valence-electron chi connectivity index (χ4n) is 2.94. The predicted octanol–water partition coefficient (Wildman–Crippen LogP) is 3.08. The summed E-state index contributed by atoms with van der Waals surface area (Å²) in [5.74, 6) is -1.66. The highest BCUT2D eigenvalue weighted by molar-refractivity contribution is 5.97. The van der Waals surface area contributed by atoms with Gasteiger partial charge >= 0.3 is 5.97 Å². The number of nitrogens with zero attached hydrogens (tertiary/aromatic N) is 1. The average molecular weight is 427 g/mol. The largest absolute Gasteiger partial charge is 0.454 e. The number of ether oxygens (including phenoxy) is 1. The van der Waals surface area contributed by atoms with Crippen LogP contribution in [0.15, 0.2) is 84.9 Å². The van der Waals surface area contributed by atoms with Gasteiger partial charge in [0, 0.05) is 17.7 Å². The number of benzene rings is 3. The van der Waals surface area contributed by atoms with E-state index in [1.807, 2.05) is 36.4 Å². The summed E-state index contributed by atoms with van der Waals surface area (Å²) in [6.45, 7) is -0.509. The molecule has 0 saturated heterocycles. The molecule has 0 saturated carbocycles. The lowest BCUT2D eigenvalue weighted by atomic mass is 10.1. The maximum atomic E-state index is 12.7. The van der Waals surface area contributed by atoms with Gasteiger partial charge in [-0.2, -0.15) is 5.26 Å². The van der Waals surface area contributed by atoms with Crippen LogP contribution in [0.1, 0.15) is 21.5 Å². The van der Waals surface area contributed by atoms with Gasteiger partial charge in [0.1, 0.15) is 6.04 Å². The molecule has 0 heterocycles. The van der Waals surface area contributed by atoms with Crippen molar-refractivity contribution in [2.45, 2.75) is 12.5 Å². The van der Waals surface area contributed by atoms with Crippen LogP contribution >= 0.6 is 0 Å². The summed E-state index contributed by atoms with van der Waals surface area (Å²) in [6, 6.07) is 25.1. The van der Waals surface area contributed by atoms with E-state index in [4.69, 9.17) is 10.00 Å². The first-order chi connectivity index (χ1) is 15.5. The topological polar surface area (TPSA) is 108 Å². The molecule has 2 N–H and O–H groups in total. The van der Waals surface area contributed by atoms with Crippen LogP contribution in [0, 0.1) is 11.3 Å². The minimum atomic E-state index is -0.965. The highest BCUT2D eigenvalue weighted by Crippen LogP contribution is 2.10. The van der Waals surface area contributed by atoms with E-state index >= 15 is 0 Å². The van der Waals surface area contributed by atoms with Gasteiger partial charge in [0.2, 0.25) is 0 Å². The first-order valence-electron chi connectivity index (χ1n) is 9.91. The third-order valence-electron chi connectivity index (χ3n) is 4.55. The summed E-state index contributed by atoms with van der Waals surface area (Å²) in [4.78, 5) is 37.4. The van der Waals surface area contributed by atoms with E-state index in [1.54, 1.807) is 54.6 Å². The van der Waals surface area contributed by atoms with Gasteiger partial charge in [-0.1, -0.05) is 48.5 Å². The number of hydrogen-bond donors (Lipinski definition) is 2. The lowest BCUT2D eigenvalue weighted by Gasteiger charge is -2.18. The van der Waals surface area contributed by atoms with Crippen LogP contribution in [0.4, 0.5) is 5.69 Å². The highest BCUT2D eigenvalue weighted by atomic mass is 16.5. The number of nitrogens with one attached hydrogen (secondary N) is 2. The number of amides is 2. The van der Waals surface area contributed by atoms with Gasteiger partial charge in [-0.05, 0) is 42.0 Å². The van der Waals surface area contributed by atoms with Crippen molar-refractivity contribution in [2.75, 3.05) is 11.9 Å². The van der Waals surface area contributed by atoms with Gasteiger partial charge < -0.3 is 15.4 Å². The highest BCUT2D eigenvalue weighted by Gasteiger charge is 2.24. The third-order valence-corrected chi connectivity index (χ3v) is 4.55. The molecule has 0 aliphatic rings. The second-order valence-corrected chi connectivity index (χ2v) is 6.93. The molecule has 0 aromatic heterocycles. The third kappa shape index (κ3) is 6.54. The van der Waals surface area contributed by atoms with Crippen molar-refractivity contribution in [2.24, 2.45) is 0 Å². The van der Waals surface area contributed by atoms with Crippen molar-refractivity contribution >= 4 is 23.5 Å². The van der Waals surface area contributed by atoms with Crippen LogP contribution in [0.3, 0.4) is 0 Å². The molecule has 0 bridgehead atoms. The Balaban J connectivity index is 1.62. The van der Waals surface area contributed by atoms with Crippen LogP contribution < -0.4 is 10.6 Å². The Kier molecular flexibility index (Phi) is 7.71. The van der Waals surface area contributed by atoms with Crippen LogP contribution in [-0.2, 0) is 20.7 Å². The molecule has 7 heteroatoms. The van der Waals surface area contributed by atoms with Gasteiger partial charge in [-0.15, -0.1) is 0 Å². The van der Waals surface area contributed by atoms with Crippen LogP contribution in [0.5, 0.6) is 0 Å². The predicted molar refractivity (Wildman–Crippen MR) is 119 cm³/mol. The van der Waals surface area contributed by atoms with Crippen molar-refractivity contribution in [3.8, 4) is 6.07 Å². The van der Waals surface area contributed by atoms with E-state index in [9.17, 15) is 14.4 Å². The molecule has 7 nitrogen and oxygen atoms in total. The number of carbonyl (C=O) groups is 3. The minimum Gasteiger partial charge on any atom is -0.454 e. The Morgan fingerprint density at radius 3 is 2.12 bits per heavy atom. The molecule has 0 aliphatic carbocycles. The molecule has 0 fully saturated rings. The first-order valence-corrected chi connectivity index (χ1v) is 9.91. The van der Waals surface area contributed by atoms with Gasteiger partial charge in [0.25, 0.3) is 11.8 Å². The van der Waals surface area contributed by atoms with Crippen molar-refractivity contribution < 1.29 is 19.1 Å². The van der Waals surface area contributed by atoms with Crippen molar-refractivity contribution in [1.82, 2.24) is 5.32 Å². The quantitative estimate of drug-likeness (QED) is 0.537. The maximum absolute atomic E-state index is 12.7. The molecule has 1 atom stereocenters. The Bertz CT molecular complexity index is 1110. The molecule has 2 amide bonds. The van der Waals surface area contributed by atoms with Crippen molar-refractivity contribution in [1.29, 1.82) is 5.26 Å². The fraction of sp³-hybridized carbons (Fsp3) is 0.120. The number of anilines is 1. The first kappa shape index (κ1) is 22.2. The van der Waals surface area contributed by atoms with E-state index in [2.05, 4.69) is 10.6 Å². The van der Waals surface area contributed by atoms with Gasteiger partial charge in [0.05, 0.1) is 11.6 Å². The monoisotopic (exact) mass is 427 g/mol. The normalized spacial score (nSPS) is 11.0. The summed E-state index contributed by atoms with van der Waals surface area (Å²) in [5.41, 5.74) is 2.19. The number of hydrogen-bond acceptors (Lipinski definition) is 5. The molecule has 0 aliphatic heterocycles. The Morgan fingerprint density at radius 1 is 0.875 bits per heavy atom. The van der Waals surface area contributed by atoms with Crippen molar-refractivity contribution in [3.63, 3.8) is 0 Å². The number of carbonyl (C=O) groups excluding carboxylic acids is 3. The standard InChI is InChI=1S/C25H21N3O4/c26-16-19-11-13-21(14-12-19)27-23(29)17-32-25(31)22(15-18-7-3-1-4-8-18)28-24(30)20-9-5-2-6-10-20/h1-14,22H,15,17H2,(H,27,29)(H,28,30)/t22-/m0/s1. The minimum absolute atomic E-state index is 0.218. The van der Waals surface area contributed by atoms with E-state index in [0.29, 0.717) is 16.8 Å². The number of rotatable bonds is 8. The molecule has 32 heavy (non-hydrogen) atoms. The Morgan fingerprint density at radius 2 is 1.50 bits per heavy atom. The summed E-state index contributed by atoms with van der Waals surface area (Å²) < 4.78 is 5.17. The molecule has 0 spiro atoms. The van der Waals surface area contributed by atoms with E-state index in [-0.39, 0.29) is 6.42 Å². The smallest absolute Gasteiger partial charge is 0.329 e. The lowest BCUT2D eigenvalue weighted by molar-refractivity contribution is -0.149. The molecular formula is C25H21N3O4. The SMILES string of the molecule is N#Cc1ccc(NC(=O)COC(=O)[C@H](Cc2ccccc2)NC(=O)c2ccccc2)cc1. The summed E-state index contributed by atoms with van der Waals surface area (Å²) >= 11 is 0. The van der Waals surface area contributed by atoms with E-state index in [1.165, 1.54) is 0 Å². The zero-order valence-corrected chi connectivity index (χ0v) is 17.2. The summed E-state index contributed by atoms with van der Waals surface area (Å²) in [5, 5.41) is 14.1. The summed E-state index contributed by atoms with van der Waals surface area (Å²) in [6.07, 6.45) is 0.218. The molecule has 3 aromatic carbocycles. The Labute approximate surface area is 185 Å². The van der Waals surface area contributed by atoms with Gasteiger partial charge in [-0.3, -0.25) is 9.59 Å². The maximum Gasteiger partial charge on any atom is 0.329 e. The van der Waals surface area contributed by atoms with Gasteiger partial charge in [-0.25, -0.2) is 4.79 Å². The molecule has 3 aromatic rings. The second-order valence-electron chi connectivity index (χ2n) is 6.93. The molecule has 0 radical (unpaired) electrons. The lowest BCUT2D eigenvalue weighted by Crippen LogP contribution is -2.44. The molecule has 3 rings (SSSR count). The fourth-order valence-corrected chi connectivity index (χ4v) is 2.94.